The summed E-state index contributed by atoms with van der Waals surface area (Å²) in [6.07, 6.45) is -1.30. The second kappa shape index (κ2) is 8.04. The van der Waals surface area contributed by atoms with Gasteiger partial charge in [0.2, 0.25) is 0 Å². The Morgan fingerprint density at radius 1 is 1.25 bits per heavy atom. The Labute approximate surface area is 159 Å². The van der Waals surface area contributed by atoms with Crippen molar-refractivity contribution in [2.75, 3.05) is 13.1 Å². The van der Waals surface area contributed by atoms with E-state index in [1.165, 1.54) is 18.2 Å². The lowest BCUT2D eigenvalue weighted by Gasteiger charge is -2.32. The van der Waals surface area contributed by atoms with Crippen LogP contribution in [0.3, 0.4) is 0 Å². The average molecular weight is 395 g/mol. The van der Waals surface area contributed by atoms with Gasteiger partial charge in [-0.15, -0.1) is 0 Å². The SMILES string of the molecule is O=C(O)CCC1CCCN(C(=O)c2cccc(-n3nccc3C(F)(F)F)c2)C1. The molecule has 3 rings (SSSR count). The number of aliphatic carboxylic acids is 1. The number of hydrogen-bond donors (Lipinski definition) is 1. The van der Waals surface area contributed by atoms with Crippen LogP contribution >= 0.6 is 0 Å². The van der Waals surface area contributed by atoms with Gasteiger partial charge in [-0.05, 0) is 49.4 Å². The van der Waals surface area contributed by atoms with Crippen molar-refractivity contribution < 1.29 is 27.9 Å². The van der Waals surface area contributed by atoms with E-state index in [1.807, 2.05) is 0 Å². The topological polar surface area (TPSA) is 75.4 Å². The van der Waals surface area contributed by atoms with E-state index < -0.39 is 17.8 Å². The van der Waals surface area contributed by atoms with E-state index >= 15 is 0 Å². The summed E-state index contributed by atoms with van der Waals surface area (Å²) in [5.41, 5.74) is -0.480. The van der Waals surface area contributed by atoms with Gasteiger partial charge in [-0.3, -0.25) is 9.59 Å². The number of likely N-dealkylation sites (tertiary alicyclic amines) is 1. The normalized spacial score (nSPS) is 17.5. The smallest absolute Gasteiger partial charge is 0.433 e. The average Bonchev–Trinajstić information content (AvgIpc) is 3.16. The molecule has 1 N–H and O–H groups in total. The number of carboxylic acid groups (broad SMARTS) is 1. The molecule has 0 radical (unpaired) electrons. The predicted octanol–water partition coefficient (Wildman–Crippen LogP) is 3.61. The minimum atomic E-state index is -4.55. The van der Waals surface area contributed by atoms with Crippen LogP contribution in [0, 0.1) is 5.92 Å². The second-order valence-electron chi connectivity index (χ2n) is 6.87. The molecule has 1 saturated heterocycles. The molecule has 0 saturated carbocycles. The highest BCUT2D eigenvalue weighted by Gasteiger charge is 2.35. The third-order valence-corrected chi connectivity index (χ3v) is 4.84. The van der Waals surface area contributed by atoms with Crippen LogP contribution in [0.5, 0.6) is 0 Å². The number of amides is 1. The van der Waals surface area contributed by atoms with Gasteiger partial charge in [0.05, 0.1) is 11.9 Å². The minimum Gasteiger partial charge on any atom is -0.481 e. The Hall–Kier alpha value is -2.84. The molecule has 2 heterocycles. The Morgan fingerprint density at radius 3 is 2.75 bits per heavy atom. The predicted molar refractivity (Wildman–Crippen MR) is 94.1 cm³/mol. The van der Waals surface area contributed by atoms with Crippen LogP contribution in [-0.2, 0) is 11.0 Å². The van der Waals surface area contributed by atoms with Crippen LogP contribution in [0.2, 0.25) is 0 Å². The molecule has 1 aliphatic heterocycles. The summed E-state index contributed by atoms with van der Waals surface area (Å²) >= 11 is 0. The largest absolute Gasteiger partial charge is 0.481 e. The number of rotatable bonds is 5. The fraction of sp³-hybridized carbons (Fsp3) is 0.421. The van der Waals surface area contributed by atoms with E-state index in [0.717, 1.165) is 29.8 Å². The molecule has 1 aromatic heterocycles. The number of benzene rings is 1. The number of nitrogens with zero attached hydrogens (tertiary/aromatic N) is 3. The minimum absolute atomic E-state index is 0.0572. The fourth-order valence-corrected chi connectivity index (χ4v) is 3.49. The summed E-state index contributed by atoms with van der Waals surface area (Å²) in [7, 11) is 0. The third kappa shape index (κ3) is 4.52. The van der Waals surface area contributed by atoms with Gasteiger partial charge in [-0.2, -0.15) is 18.3 Å². The Kier molecular flexibility index (Phi) is 5.71. The molecule has 1 aromatic carbocycles. The van der Waals surface area contributed by atoms with Crippen LogP contribution in [-0.4, -0.2) is 44.8 Å². The zero-order chi connectivity index (χ0) is 20.3. The number of aromatic nitrogens is 2. The molecule has 28 heavy (non-hydrogen) atoms. The summed E-state index contributed by atoms with van der Waals surface area (Å²) in [5.74, 6) is -1.03. The number of halogens is 3. The first-order chi connectivity index (χ1) is 13.3. The monoisotopic (exact) mass is 395 g/mol. The summed E-state index contributed by atoms with van der Waals surface area (Å²) in [6, 6.07) is 6.82. The molecule has 1 amide bonds. The van der Waals surface area contributed by atoms with Gasteiger partial charge in [0.15, 0.2) is 0 Å². The summed E-state index contributed by atoms with van der Waals surface area (Å²) < 4.78 is 40.1. The van der Waals surface area contributed by atoms with Crippen LogP contribution in [0.15, 0.2) is 36.5 Å². The van der Waals surface area contributed by atoms with Crippen LogP contribution < -0.4 is 0 Å². The molecule has 0 bridgehead atoms. The number of carbonyl (C=O) groups excluding carboxylic acids is 1. The molecule has 2 aromatic rings. The highest BCUT2D eigenvalue weighted by Crippen LogP contribution is 2.31. The summed E-state index contributed by atoms with van der Waals surface area (Å²) in [4.78, 5) is 25.2. The second-order valence-corrected chi connectivity index (χ2v) is 6.87. The molecule has 1 aliphatic rings. The molecule has 6 nitrogen and oxygen atoms in total. The van der Waals surface area contributed by atoms with Gasteiger partial charge in [0.25, 0.3) is 5.91 Å². The van der Waals surface area contributed by atoms with Gasteiger partial charge >= 0.3 is 12.1 Å². The number of carbonyl (C=O) groups is 2. The maximum absolute atomic E-state index is 13.1. The lowest BCUT2D eigenvalue weighted by Crippen LogP contribution is -2.40. The van der Waals surface area contributed by atoms with E-state index in [1.54, 1.807) is 11.0 Å². The van der Waals surface area contributed by atoms with Crippen molar-refractivity contribution in [3.63, 3.8) is 0 Å². The maximum Gasteiger partial charge on any atom is 0.433 e. The van der Waals surface area contributed by atoms with Gasteiger partial charge in [0, 0.05) is 25.1 Å². The highest BCUT2D eigenvalue weighted by atomic mass is 19.4. The van der Waals surface area contributed by atoms with Crippen molar-refractivity contribution in [3.8, 4) is 5.69 Å². The number of piperidine rings is 1. The zero-order valence-corrected chi connectivity index (χ0v) is 15.0. The quantitative estimate of drug-likeness (QED) is 0.839. The van der Waals surface area contributed by atoms with Crippen LogP contribution in [0.1, 0.15) is 41.7 Å². The van der Waals surface area contributed by atoms with Crippen molar-refractivity contribution in [2.45, 2.75) is 31.9 Å². The van der Waals surface area contributed by atoms with Crippen molar-refractivity contribution >= 4 is 11.9 Å². The fourth-order valence-electron chi connectivity index (χ4n) is 3.49. The van der Waals surface area contributed by atoms with E-state index in [4.69, 9.17) is 5.11 Å². The lowest BCUT2D eigenvalue weighted by molar-refractivity contribution is -0.143. The molecule has 1 unspecified atom stereocenters. The Morgan fingerprint density at radius 2 is 2.04 bits per heavy atom. The number of carboxylic acids is 1. The molecule has 9 heteroatoms. The van der Waals surface area contributed by atoms with E-state index in [2.05, 4.69) is 5.10 Å². The van der Waals surface area contributed by atoms with Gasteiger partial charge < -0.3 is 10.0 Å². The molecule has 150 valence electrons. The molecule has 0 spiro atoms. The number of alkyl halides is 3. The lowest BCUT2D eigenvalue weighted by atomic mass is 9.93. The van der Waals surface area contributed by atoms with Gasteiger partial charge in [-0.1, -0.05) is 6.07 Å². The summed E-state index contributed by atoms with van der Waals surface area (Å²) in [6.45, 7) is 0.994. The maximum atomic E-state index is 13.1. The van der Waals surface area contributed by atoms with Crippen molar-refractivity contribution in [2.24, 2.45) is 5.92 Å². The standard InChI is InChI=1S/C19H20F3N3O3/c20-19(21,22)16-8-9-23-25(16)15-5-1-4-14(11-15)18(28)24-10-2-3-13(12-24)6-7-17(26)27/h1,4-5,8-9,11,13H,2-3,6-7,10,12H2,(H,26,27). The molecule has 1 fully saturated rings. The first-order valence-corrected chi connectivity index (χ1v) is 8.98. The van der Waals surface area contributed by atoms with Crippen LogP contribution in [0.25, 0.3) is 5.69 Å². The first kappa shape index (κ1) is 19.9. The van der Waals surface area contributed by atoms with Gasteiger partial charge in [-0.25, -0.2) is 4.68 Å². The third-order valence-electron chi connectivity index (χ3n) is 4.84. The summed E-state index contributed by atoms with van der Waals surface area (Å²) in [5, 5.41) is 12.6. The Balaban J connectivity index is 1.78. The highest BCUT2D eigenvalue weighted by molar-refractivity contribution is 5.94. The van der Waals surface area contributed by atoms with E-state index in [-0.39, 0.29) is 29.5 Å². The van der Waals surface area contributed by atoms with Crippen molar-refractivity contribution in [1.29, 1.82) is 0 Å². The van der Waals surface area contributed by atoms with Crippen molar-refractivity contribution in [1.82, 2.24) is 14.7 Å². The first-order valence-electron chi connectivity index (χ1n) is 8.98. The molecular weight excluding hydrogens is 375 g/mol. The molecular formula is C19H20F3N3O3. The molecule has 1 atom stereocenters. The Bertz CT molecular complexity index is 863. The van der Waals surface area contributed by atoms with E-state index in [0.29, 0.717) is 19.5 Å². The van der Waals surface area contributed by atoms with Crippen LogP contribution in [0.4, 0.5) is 13.2 Å². The van der Waals surface area contributed by atoms with Crippen molar-refractivity contribution in [3.05, 3.63) is 47.8 Å². The number of hydrogen-bond acceptors (Lipinski definition) is 3. The van der Waals surface area contributed by atoms with E-state index in [9.17, 15) is 22.8 Å². The van der Waals surface area contributed by atoms with Gasteiger partial charge in [0.1, 0.15) is 5.69 Å². The zero-order valence-electron chi connectivity index (χ0n) is 15.0. The molecule has 0 aliphatic carbocycles.